The number of methoxy groups -OCH3 is 1. The molecule has 0 bridgehead atoms. The molecule has 2 aromatic carbocycles. The number of ether oxygens (including phenoxy) is 1. The van der Waals surface area contributed by atoms with Gasteiger partial charge in [-0.15, -0.1) is 11.3 Å². The average molecular weight is 407 g/mol. The molecule has 0 aliphatic carbocycles. The largest absolute Gasteiger partial charge is 0.494 e. The molecule has 0 saturated carbocycles. The van der Waals surface area contributed by atoms with Crippen molar-refractivity contribution >= 4 is 40.4 Å². The SMILES string of the molecule is COc1c(Cl)ccc(Cl)c1C(=O)NCc1csc(-c2ccccc2C)n1. The van der Waals surface area contributed by atoms with Gasteiger partial charge in [-0.3, -0.25) is 4.79 Å². The third kappa shape index (κ3) is 3.85. The molecule has 134 valence electrons. The summed E-state index contributed by atoms with van der Waals surface area (Å²) in [6.07, 6.45) is 0. The van der Waals surface area contributed by atoms with Gasteiger partial charge in [-0.25, -0.2) is 4.98 Å². The minimum Gasteiger partial charge on any atom is -0.494 e. The van der Waals surface area contributed by atoms with E-state index in [1.165, 1.54) is 7.11 Å². The number of aryl methyl sites for hydroxylation is 1. The zero-order valence-electron chi connectivity index (χ0n) is 14.2. The number of halogens is 2. The van der Waals surface area contributed by atoms with E-state index in [2.05, 4.69) is 10.3 Å². The van der Waals surface area contributed by atoms with Crippen molar-refractivity contribution in [1.29, 1.82) is 0 Å². The maximum Gasteiger partial charge on any atom is 0.256 e. The Balaban J connectivity index is 1.76. The summed E-state index contributed by atoms with van der Waals surface area (Å²) in [4.78, 5) is 17.1. The van der Waals surface area contributed by atoms with Crippen LogP contribution in [0.15, 0.2) is 41.8 Å². The number of hydrogen-bond donors (Lipinski definition) is 1. The second-order valence-corrected chi connectivity index (χ2v) is 7.25. The molecule has 3 aromatic rings. The normalized spacial score (nSPS) is 10.6. The van der Waals surface area contributed by atoms with Gasteiger partial charge in [0.1, 0.15) is 10.6 Å². The van der Waals surface area contributed by atoms with Gasteiger partial charge in [-0.2, -0.15) is 0 Å². The third-order valence-electron chi connectivity index (χ3n) is 3.85. The smallest absolute Gasteiger partial charge is 0.256 e. The minimum absolute atomic E-state index is 0.219. The Morgan fingerprint density at radius 1 is 1.19 bits per heavy atom. The lowest BCUT2D eigenvalue weighted by molar-refractivity contribution is 0.0947. The molecule has 0 unspecified atom stereocenters. The summed E-state index contributed by atoms with van der Waals surface area (Å²) in [6, 6.07) is 11.2. The highest BCUT2D eigenvalue weighted by atomic mass is 35.5. The highest BCUT2D eigenvalue weighted by Gasteiger charge is 2.19. The van der Waals surface area contributed by atoms with Gasteiger partial charge in [0.2, 0.25) is 0 Å². The van der Waals surface area contributed by atoms with E-state index in [1.807, 2.05) is 36.6 Å². The first-order chi connectivity index (χ1) is 12.5. The van der Waals surface area contributed by atoms with Gasteiger partial charge in [0, 0.05) is 10.9 Å². The molecule has 0 fully saturated rings. The lowest BCUT2D eigenvalue weighted by atomic mass is 10.1. The second kappa shape index (κ2) is 8.08. The van der Waals surface area contributed by atoms with Crippen molar-refractivity contribution in [1.82, 2.24) is 10.3 Å². The van der Waals surface area contributed by atoms with E-state index in [0.717, 1.165) is 21.8 Å². The van der Waals surface area contributed by atoms with Crippen LogP contribution in [0.4, 0.5) is 0 Å². The molecular formula is C19H16Cl2N2O2S. The van der Waals surface area contributed by atoms with E-state index < -0.39 is 0 Å². The van der Waals surface area contributed by atoms with E-state index in [9.17, 15) is 4.79 Å². The van der Waals surface area contributed by atoms with Crippen molar-refractivity contribution in [2.45, 2.75) is 13.5 Å². The molecule has 3 rings (SSSR count). The number of aromatic nitrogens is 1. The van der Waals surface area contributed by atoms with Crippen LogP contribution in [0.25, 0.3) is 10.6 Å². The Morgan fingerprint density at radius 2 is 1.92 bits per heavy atom. The Hall–Kier alpha value is -2.08. The van der Waals surface area contributed by atoms with E-state index in [1.54, 1.807) is 23.5 Å². The van der Waals surface area contributed by atoms with Crippen LogP contribution < -0.4 is 10.1 Å². The van der Waals surface area contributed by atoms with Crippen LogP contribution in [0.3, 0.4) is 0 Å². The Kier molecular flexibility index (Phi) is 5.81. The third-order valence-corrected chi connectivity index (χ3v) is 5.38. The molecule has 1 aromatic heterocycles. The van der Waals surface area contributed by atoms with Gasteiger partial charge in [-0.05, 0) is 24.6 Å². The van der Waals surface area contributed by atoms with E-state index in [-0.39, 0.29) is 28.8 Å². The molecule has 0 radical (unpaired) electrons. The lowest BCUT2D eigenvalue weighted by Crippen LogP contribution is -2.24. The summed E-state index contributed by atoms with van der Waals surface area (Å²) in [6.45, 7) is 2.33. The lowest BCUT2D eigenvalue weighted by Gasteiger charge is -2.11. The van der Waals surface area contributed by atoms with Crippen molar-refractivity contribution in [3.8, 4) is 16.3 Å². The number of carbonyl (C=O) groups excluding carboxylic acids is 1. The molecule has 0 spiro atoms. The van der Waals surface area contributed by atoms with Crippen LogP contribution in [0.2, 0.25) is 10.0 Å². The zero-order chi connectivity index (χ0) is 18.7. The number of carbonyl (C=O) groups is 1. The number of benzene rings is 2. The molecule has 0 aliphatic heterocycles. The maximum atomic E-state index is 12.5. The molecule has 0 aliphatic rings. The summed E-state index contributed by atoms with van der Waals surface area (Å²) < 4.78 is 5.21. The van der Waals surface area contributed by atoms with Gasteiger partial charge in [0.25, 0.3) is 5.91 Å². The molecule has 0 atom stereocenters. The Bertz CT molecular complexity index is 956. The summed E-state index contributed by atoms with van der Waals surface area (Å²) in [7, 11) is 1.45. The van der Waals surface area contributed by atoms with Crippen LogP contribution >= 0.6 is 34.5 Å². The maximum absolute atomic E-state index is 12.5. The number of amides is 1. The molecular weight excluding hydrogens is 391 g/mol. The molecule has 1 heterocycles. The van der Waals surface area contributed by atoms with Crippen molar-refractivity contribution in [3.05, 3.63) is 68.6 Å². The number of thiazole rings is 1. The fourth-order valence-corrected chi connectivity index (χ4v) is 3.91. The Labute approximate surface area is 165 Å². The fourth-order valence-electron chi connectivity index (χ4n) is 2.53. The van der Waals surface area contributed by atoms with Gasteiger partial charge in [0.15, 0.2) is 5.75 Å². The summed E-state index contributed by atoms with van der Waals surface area (Å²) in [5, 5.41) is 6.28. The summed E-state index contributed by atoms with van der Waals surface area (Å²) in [5.74, 6) is -0.102. The average Bonchev–Trinajstić information content (AvgIpc) is 3.10. The quantitative estimate of drug-likeness (QED) is 0.619. The predicted octanol–water partition coefficient (Wildman–Crippen LogP) is 5.36. The standard InChI is InChI=1S/C19H16Cl2N2O2S/c1-11-5-3-4-6-13(11)19-23-12(10-26-19)9-22-18(24)16-14(20)7-8-15(21)17(16)25-2/h3-8,10H,9H2,1-2H3,(H,22,24). The van der Waals surface area contributed by atoms with E-state index in [0.29, 0.717) is 5.02 Å². The van der Waals surface area contributed by atoms with Gasteiger partial charge in [0.05, 0.1) is 29.4 Å². The van der Waals surface area contributed by atoms with Crippen molar-refractivity contribution < 1.29 is 9.53 Å². The van der Waals surface area contributed by atoms with Gasteiger partial charge < -0.3 is 10.1 Å². The first-order valence-electron chi connectivity index (χ1n) is 7.82. The number of nitrogens with one attached hydrogen (secondary N) is 1. The molecule has 1 N–H and O–H groups in total. The van der Waals surface area contributed by atoms with E-state index >= 15 is 0 Å². The molecule has 0 saturated heterocycles. The fraction of sp³-hybridized carbons (Fsp3) is 0.158. The van der Waals surface area contributed by atoms with Gasteiger partial charge in [-0.1, -0.05) is 47.5 Å². The predicted molar refractivity (Wildman–Crippen MR) is 106 cm³/mol. The van der Waals surface area contributed by atoms with Crippen LogP contribution in [0.5, 0.6) is 5.75 Å². The van der Waals surface area contributed by atoms with Gasteiger partial charge >= 0.3 is 0 Å². The number of nitrogens with zero attached hydrogens (tertiary/aromatic N) is 1. The molecule has 1 amide bonds. The summed E-state index contributed by atoms with van der Waals surface area (Å²) >= 11 is 13.8. The molecule has 26 heavy (non-hydrogen) atoms. The highest BCUT2D eigenvalue weighted by Crippen LogP contribution is 2.34. The summed E-state index contributed by atoms with van der Waals surface area (Å²) in [5.41, 5.74) is 3.25. The topological polar surface area (TPSA) is 51.2 Å². The second-order valence-electron chi connectivity index (χ2n) is 5.58. The van der Waals surface area contributed by atoms with E-state index in [4.69, 9.17) is 27.9 Å². The van der Waals surface area contributed by atoms with Crippen LogP contribution in [0, 0.1) is 6.92 Å². The van der Waals surface area contributed by atoms with Crippen molar-refractivity contribution in [3.63, 3.8) is 0 Å². The molecule has 4 nitrogen and oxygen atoms in total. The Morgan fingerprint density at radius 3 is 2.65 bits per heavy atom. The first-order valence-corrected chi connectivity index (χ1v) is 9.45. The molecule has 7 heteroatoms. The number of rotatable bonds is 5. The zero-order valence-corrected chi connectivity index (χ0v) is 16.5. The van der Waals surface area contributed by atoms with Crippen molar-refractivity contribution in [2.75, 3.05) is 7.11 Å². The minimum atomic E-state index is -0.361. The van der Waals surface area contributed by atoms with Crippen LogP contribution in [0.1, 0.15) is 21.6 Å². The highest BCUT2D eigenvalue weighted by molar-refractivity contribution is 7.13. The van der Waals surface area contributed by atoms with Crippen molar-refractivity contribution in [2.24, 2.45) is 0 Å². The number of hydrogen-bond acceptors (Lipinski definition) is 4. The first kappa shape index (κ1) is 18.7. The van der Waals surface area contributed by atoms with Crippen LogP contribution in [-0.2, 0) is 6.54 Å². The van der Waals surface area contributed by atoms with Crippen LogP contribution in [-0.4, -0.2) is 18.0 Å². The monoisotopic (exact) mass is 406 g/mol.